The second-order valence-corrected chi connectivity index (χ2v) is 12.3. The van der Waals surface area contributed by atoms with Crippen molar-refractivity contribution >= 4 is 29.8 Å². The Kier molecular flexibility index (Phi) is 11.8. The van der Waals surface area contributed by atoms with Crippen molar-refractivity contribution in [2.45, 2.75) is 63.3 Å². The summed E-state index contributed by atoms with van der Waals surface area (Å²) in [6.45, 7) is 4.47. The molecule has 1 saturated heterocycles. The van der Waals surface area contributed by atoms with Gasteiger partial charge in [0.1, 0.15) is 29.1 Å². The molecule has 0 bridgehead atoms. The molecule has 12 nitrogen and oxygen atoms in total. The minimum absolute atomic E-state index is 0.0214. The van der Waals surface area contributed by atoms with E-state index < -0.39 is 71.2 Å². The van der Waals surface area contributed by atoms with Crippen molar-refractivity contribution < 1.29 is 51.7 Å². The van der Waals surface area contributed by atoms with Gasteiger partial charge in [-0.15, -0.1) is 0 Å². The third kappa shape index (κ3) is 9.69. The first kappa shape index (κ1) is 36.7. The van der Waals surface area contributed by atoms with Crippen molar-refractivity contribution in [3.05, 3.63) is 95.1 Å². The highest BCUT2D eigenvalue weighted by atomic mass is 19.1. The van der Waals surface area contributed by atoms with E-state index in [-0.39, 0.29) is 37.2 Å². The van der Waals surface area contributed by atoms with Crippen molar-refractivity contribution in [2.75, 3.05) is 25.6 Å². The Morgan fingerprint density at radius 2 is 1.59 bits per heavy atom. The molecule has 3 aromatic rings. The standard InChI is InChI=1S/C34H37F3N4O8/c1-34(2,3)49-33(46)41-17-23(48-18-27(41)31(43)44)13-14-24-25(37)15-38-16-26(24)39-30(42)29(40-32(45)47-4)28(19-5-9-21(35)10-6-19)20-7-11-22(36)12-8-20/h5-12,15-16,23,27-29H,13-14,17-18H2,1-4H3,(H,39,42)(H,40,45)(H,43,44)/t23-,27+,29-/m1/s1. The predicted molar refractivity (Wildman–Crippen MR) is 169 cm³/mol. The largest absolute Gasteiger partial charge is 0.480 e. The molecule has 1 aliphatic heterocycles. The number of aliphatic carboxylic acids is 1. The molecule has 3 N–H and O–H groups in total. The number of hydrogen-bond donors (Lipinski definition) is 3. The van der Waals surface area contributed by atoms with Gasteiger partial charge in [0.15, 0.2) is 6.04 Å². The normalized spacial score (nSPS) is 16.9. The first-order valence-corrected chi connectivity index (χ1v) is 15.3. The zero-order chi connectivity index (χ0) is 35.9. The summed E-state index contributed by atoms with van der Waals surface area (Å²) in [6, 6.07) is 7.62. The topological polar surface area (TPSA) is 156 Å². The summed E-state index contributed by atoms with van der Waals surface area (Å²) in [5, 5.41) is 14.7. The number of carbonyl (C=O) groups is 4. The monoisotopic (exact) mass is 686 g/mol. The highest BCUT2D eigenvalue weighted by molar-refractivity contribution is 5.98. The molecule has 0 saturated carbocycles. The van der Waals surface area contributed by atoms with E-state index in [2.05, 4.69) is 15.6 Å². The average Bonchev–Trinajstić information content (AvgIpc) is 3.04. The zero-order valence-electron chi connectivity index (χ0n) is 27.2. The van der Waals surface area contributed by atoms with Crippen LogP contribution in [-0.4, -0.2) is 83.1 Å². The first-order valence-electron chi connectivity index (χ1n) is 15.3. The molecule has 3 amide bonds. The number of rotatable bonds is 10. The number of methoxy groups -OCH3 is 1. The van der Waals surface area contributed by atoms with Gasteiger partial charge in [0.05, 0.1) is 44.4 Å². The Labute approximate surface area is 280 Å². The molecule has 1 fully saturated rings. The van der Waals surface area contributed by atoms with Crippen LogP contribution in [0.3, 0.4) is 0 Å². The number of nitrogens with one attached hydrogen (secondary N) is 2. The Hall–Kier alpha value is -5.18. The van der Waals surface area contributed by atoms with Crippen molar-refractivity contribution in [2.24, 2.45) is 0 Å². The van der Waals surface area contributed by atoms with E-state index in [1.165, 1.54) is 54.7 Å². The van der Waals surface area contributed by atoms with Gasteiger partial charge in [-0.3, -0.25) is 14.7 Å². The van der Waals surface area contributed by atoms with E-state index in [1.54, 1.807) is 20.8 Å². The number of hydrogen-bond acceptors (Lipinski definition) is 8. The number of nitrogens with zero attached hydrogens (tertiary/aromatic N) is 2. The summed E-state index contributed by atoms with van der Waals surface area (Å²) in [7, 11) is 1.10. The van der Waals surface area contributed by atoms with Crippen LogP contribution in [0.4, 0.5) is 28.4 Å². The van der Waals surface area contributed by atoms with Gasteiger partial charge < -0.3 is 30.0 Å². The maximum absolute atomic E-state index is 15.3. The Balaban J connectivity index is 1.60. The van der Waals surface area contributed by atoms with E-state index in [9.17, 15) is 33.1 Å². The Bertz CT molecular complexity index is 1610. The van der Waals surface area contributed by atoms with Crippen molar-refractivity contribution in [3.8, 4) is 0 Å². The van der Waals surface area contributed by atoms with Crippen LogP contribution in [0.5, 0.6) is 0 Å². The number of amides is 3. The van der Waals surface area contributed by atoms with Crippen LogP contribution in [0, 0.1) is 17.5 Å². The Morgan fingerprint density at radius 3 is 2.12 bits per heavy atom. The third-order valence-corrected chi connectivity index (χ3v) is 7.69. The highest BCUT2D eigenvalue weighted by Crippen LogP contribution is 2.31. The van der Waals surface area contributed by atoms with Gasteiger partial charge >= 0.3 is 18.2 Å². The van der Waals surface area contributed by atoms with Crippen LogP contribution in [-0.2, 0) is 30.2 Å². The van der Waals surface area contributed by atoms with Gasteiger partial charge in [-0.2, -0.15) is 0 Å². The average molecular weight is 687 g/mol. The van der Waals surface area contributed by atoms with Crippen molar-refractivity contribution in [3.63, 3.8) is 0 Å². The fraction of sp³-hybridized carbons (Fsp3) is 0.382. The quantitative estimate of drug-likeness (QED) is 0.267. The van der Waals surface area contributed by atoms with Crippen LogP contribution >= 0.6 is 0 Å². The molecule has 0 spiro atoms. The molecule has 0 radical (unpaired) electrons. The summed E-state index contributed by atoms with van der Waals surface area (Å²) < 4.78 is 58.8. The van der Waals surface area contributed by atoms with Crippen LogP contribution < -0.4 is 10.6 Å². The van der Waals surface area contributed by atoms with Gasteiger partial charge in [0, 0.05) is 11.5 Å². The van der Waals surface area contributed by atoms with E-state index in [0.717, 1.165) is 18.2 Å². The smallest absolute Gasteiger partial charge is 0.411 e. The summed E-state index contributed by atoms with van der Waals surface area (Å²) >= 11 is 0. The minimum atomic E-state index is -1.43. The second-order valence-electron chi connectivity index (χ2n) is 12.3. The third-order valence-electron chi connectivity index (χ3n) is 7.69. The molecule has 2 aromatic carbocycles. The molecule has 4 rings (SSSR count). The molecule has 49 heavy (non-hydrogen) atoms. The zero-order valence-corrected chi connectivity index (χ0v) is 27.2. The molecule has 1 aliphatic rings. The maximum Gasteiger partial charge on any atom is 0.411 e. The number of carboxylic acids is 1. The van der Waals surface area contributed by atoms with Gasteiger partial charge in [0.2, 0.25) is 5.91 Å². The molecular weight excluding hydrogens is 649 g/mol. The van der Waals surface area contributed by atoms with Crippen LogP contribution in [0.15, 0.2) is 60.9 Å². The summed E-state index contributed by atoms with van der Waals surface area (Å²) in [4.78, 5) is 56.0. The molecule has 0 aliphatic carbocycles. The van der Waals surface area contributed by atoms with E-state index in [0.29, 0.717) is 11.1 Å². The lowest BCUT2D eigenvalue weighted by atomic mass is 9.84. The number of ether oxygens (including phenoxy) is 3. The van der Waals surface area contributed by atoms with Crippen LogP contribution in [0.2, 0.25) is 0 Å². The Morgan fingerprint density at radius 1 is 1.00 bits per heavy atom. The van der Waals surface area contributed by atoms with Gasteiger partial charge in [-0.1, -0.05) is 24.3 Å². The maximum atomic E-state index is 15.3. The number of anilines is 1. The van der Waals surface area contributed by atoms with Crippen LogP contribution in [0.25, 0.3) is 0 Å². The molecule has 1 aromatic heterocycles. The second kappa shape index (κ2) is 15.8. The number of alkyl carbamates (subject to hydrolysis) is 1. The number of halogens is 3. The summed E-state index contributed by atoms with van der Waals surface area (Å²) in [5.41, 5.74) is -0.111. The van der Waals surface area contributed by atoms with Gasteiger partial charge in [-0.25, -0.2) is 27.6 Å². The number of aromatic nitrogens is 1. The molecule has 0 unspecified atom stereocenters. The van der Waals surface area contributed by atoms with E-state index >= 15 is 4.39 Å². The number of carbonyl (C=O) groups excluding carboxylic acids is 3. The van der Waals surface area contributed by atoms with Crippen molar-refractivity contribution in [1.82, 2.24) is 15.2 Å². The number of benzene rings is 2. The lowest BCUT2D eigenvalue weighted by Crippen LogP contribution is -2.56. The lowest BCUT2D eigenvalue weighted by molar-refractivity contribution is -0.153. The fourth-order valence-electron chi connectivity index (χ4n) is 5.36. The number of pyridine rings is 1. The van der Waals surface area contributed by atoms with Gasteiger partial charge in [-0.05, 0) is 69.0 Å². The highest BCUT2D eigenvalue weighted by Gasteiger charge is 2.39. The predicted octanol–water partition coefficient (Wildman–Crippen LogP) is 5.02. The number of carboxylic acid groups (broad SMARTS) is 1. The van der Waals surface area contributed by atoms with Crippen LogP contribution in [0.1, 0.15) is 49.8 Å². The van der Waals surface area contributed by atoms with E-state index in [1.807, 2.05) is 0 Å². The molecule has 262 valence electrons. The lowest BCUT2D eigenvalue weighted by Gasteiger charge is -2.38. The fourth-order valence-corrected chi connectivity index (χ4v) is 5.36. The van der Waals surface area contributed by atoms with E-state index in [4.69, 9.17) is 14.2 Å². The minimum Gasteiger partial charge on any atom is -0.480 e. The summed E-state index contributed by atoms with van der Waals surface area (Å²) in [6.07, 6.45) is -0.298. The first-order chi connectivity index (χ1) is 23.2. The van der Waals surface area contributed by atoms with Gasteiger partial charge in [0.25, 0.3) is 0 Å². The SMILES string of the molecule is COC(=O)N[C@@H](C(=O)Nc1cncc(F)c1CC[C@@H]1CN(C(=O)OC(C)(C)C)[C@H](C(=O)O)CO1)C(c1ccc(F)cc1)c1ccc(F)cc1. The van der Waals surface area contributed by atoms with Crippen molar-refractivity contribution in [1.29, 1.82) is 0 Å². The molecule has 2 heterocycles. The summed E-state index contributed by atoms with van der Waals surface area (Å²) in [5.74, 6) is -4.95. The number of morpholine rings is 1. The molecule has 3 atom stereocenters. The molecular formula is C34H37F3N4O8. The molecule has 15 heteroatoms.